The molecule has 2 rings (SSSR count). The zero-order valence-electron chi connectivity index (χ0n) is 9.70. The Labute approximate surface area is 95.5 Å². The van der Waals surface area contributed by atoms with E-state index >= 15 is 0 Å². The zero-order chi connectivity index (χ0) is 11.8. The molecule has 1 aliphatic rings. The average Bonchev–Trinajstić information content (AvgIpc) is 2.65. The lowest BCUT2D eigenvalue weighted by Crippen LogP contribution is -2.43. The highest BCUT2D eigenvalue weighted by Crippen LogP contribution is 2.31. The summed E-state index contributed by atoms with van der Waals surface area (Å²) < 4.78 is 13.1. The van der Waals surface area contributed by atoms with Crippen molar-refractivity contribution in [1.29, 1.82) is 0 Å². The normalized spacial score (nSPS) is 26.0. The minimum atomic E-state index is -0.720. The number of benzene rings is 1. The van der Waals surface area contributed by atoms with E-state index in [1.165, 1.54) is 6.07 Å². The summed E-state index contributed by atoms with van der Waals surface area (Å²) in [5, 5.41) is 13.3. The van der Waals surface area contributed by atoms with Gasteiger partial charge in [-0.05, 0) is 44.4 Å². The minimum Gasteiger partial charge on any atom is -0.389 e. The maximum absolute atomic E-state index is 13.1. The topological polar surface area (TPSA) is 32.3 Å². The molecule has 1 heterocycles. The van der Waals surface area contributed by atoms with Gasteiger partial charge in [0.05, 0.1) is 5.60 Å². The molecule has 1 aromatic rings. The van der Waals surface area contributed by atoms with E-state index in [9.17, 15) is 9.50 Å². The van der Waals surface area contributed by atoms with Crippen molar-refractivity contribution in [2.45, 2.75) is 44.4 Å². The summed E-state index contributed by atoms with van der Waals surface area (Å²) in [6.07, 6.45) is 1.86. The van der Waals surface area contributed by atoms with E-state index < -0.39 is 5.60 Å². The van der Waals surface area contributed by atoms with Crippen molar-refractivity contribution in [3.05, 3.63) is 35.6 Å². The lowest BCUT2D eigenvalue weighted by molar-refractivity contribution is 0.0432. The molecule has 0 radical (unpaired) electrons. The van der Waals surface area contributed by atoms with Crippen LogP contribution < -0.4 is 5.32 Å². The number of halogens is 1. The molecule has 1 fully saturated rings. The van der Waals surface area contributed by atoms with Gasteiger partial charge >= 0.3 is 0 Å². The second kappa shape index (κ2) is 4.15. The second-order valence-electron chi connectivity index (χ2n) is 5.06. The number of nitrogens with one attached hydrogen (secondary N) is 1. The Morgan fingerprint density at radius 2 is 2.12 bits per heavy atom. The van der Waals surface area contributed by atoms with Crippen molar-refractivity contribution in [3.8, 4) is 0 Å². The first-order valence-corrected chi connectivity index (χ1v) is 5.71. The van der Waals surface area contributed by atoms with Crippen molar-refractivity contribution < 1.29 is 9.50 Å². The minimum absolute atomic E-state index is 0.0840. The molecule has 0 spiro atoms. The third-order valence-electron chi connectivity index (χ3n) is 3.25. The summed E-state index contributed by atoms with van der Waals surface area (Å²) in [5.41, 5.74) is 0.244. The van der Waals surface area contributed by atoms with Crippen LogP contribution in [0.1, 0.15) is 38.3 Å². The Morgan fingerprint density at radius 1 is 1.38 bits per heavy atom. The van der Waals surface area contributed by atoms with Crippen LogP contribution in [-0.4, -0.2) is 16.7 Å². The lowest BCUT2D eigenvalue weighted by atomic mass is 9.98. The van der Waals surface area contributed by atoms with Crippen molar-refractivity contribution in [1.82, 2.24) is 5.32 Å². The molecule has 16 heavy (non-hydrogen) atoms. The molecular formula is C13H18FNO. The van der Waals surface area contributed by atoms with E-state index in [1.54, 1.807) is 26.0 Å². The van der Waals surface area contributed by atoms with Crippen LogP contribution in [0.5, 0.6) is 0 Å². The van der Waals surface area contributed by atoms with Crippen molar-refractivity contribution >= 4 is 0 Å². The van der Waals surface area contributed by atoms with Crippen LogP contribution in [0.2, 0.25) is 0 Å². The van der Waals surface area contributed by atoms with Crippen LogP contribution in [0.3, 0.4) is 0 Å². The van der Waals surface area contributed by atoms with Gasteiger partial charge in [-0.3, -0.25) is 0 Å². The highest BCUT2D eigenvalue weighted by Gasteiger charge is 2.34. The van der Waals surface area contributed by atoms with Gasteiger partial charge < -0.3 is 10.4 Å². The van der Waals surface area contributed by atoms with Gasteiger partial charge in [-0.25, -0.2) is 4.39 Å². The van der Waals surface area contributed by atoms with Crippen LogP contribution in [0, 0.1) is 5.82 Å². The van der Waals surface area contributed by atoms with Crippen LogP contribution in [0.15, 0.2) is 24.3 Å². The molecule has 0 saturated carbocycles. The molecule has 2 N–H and O–H groups in total. The first-order chi connectivity index (χ1) is 7.47. The van der Waals surface area contributed by atoms with Crippen molar-refractivity contribution in [2.24, 2.45) is 0 Å². The molecule has 0 bridgehead atoms. The predicted molar refractivity (Wildman–Crippen MR) is 61.6 cm³/mol. The molecule has 1 aromatic carbocycles. The van der Waals surface area contributed by atoms with Gasteiger partial charge in [0.25, 0.3) is 0 Å². The van der Waals surface area contributed by atoms with Gasteiger partial charge in [0.1, 0.15) is 5.82 Å². The maximum atomic E-state index is 13.1. The Bertz CT molecular complexity index is 372. The van der Waals surface area contributed by atoms with Crippen LogP contribution >= 0.6 is 0 Å². The Hall–Kier alpha value is -0.930. The van der Waals surface area contributed by atoms with Gasteiger partial charge in [-0.2, -0.15) is 0 Å². The smallest absolute Gasteiger partial charge is 0.123 e. The fourth-order valence-electron chi connectivity index (χ4n) is 2.29. The summed E-state index contributed by atoms with van der Waals surface area (Å²) >= 11 is 0. The number of hydrogen-bond acceptors (Lipinski definition) is 2. The molecule has 0 aliphatic carbocycles. The quantitative estimate of drug-likeness (QED) is 0.807. The Morgan fingerprint density at radius 3 is 2.69 bits per heavy atom. The predicted octanol–water partition coefficient (Wildman–Crippen LogP) is 2.39. The van der Waals surface area contributed by atoms with Crippen molar-refractivity contribution in [2.75, 3.05) is 0 Å². The molecule has 2 atom stereocenters. The molecule has 1 saturated heterocycles. The standard InChI is InChI=1S/C13H18FNO/c1-13(2,16)12-7-6-11(15-12)9-4-3-5-10(14)8-9/h3-5,8,11-12,15-16H,6-7H2,1-2H3/t11-,12+/m0/s1. The average molecular weight is 223 g/mol. The van der Waals surface area contributed by atoms with Gasteiger partial charge in [-0.15, -0.1) is 0 Å². The highest BCUT2D eigenvalue weighted by molar-refractivity contribution is 5.21. The summed E-state index contributed by atoms with van der Waals surface area (Å²) in [4.78, 5) is 0. The SMILES string of the molecule is CC(C)(O)[C@H]1CC[C@@H](c2cccc(F)c2)N1. The fourth-order valence-corrected chi connectivity index (χ4v) is 2.29. The van der Waals surface area contributed by atoms with E-state index in [2.05, 4.69) is 5.32 Å². The molecule has 88 valence electrons. The van der Waals surface area contributed by atoms with E-state index in [0.717, 1.165) is 18.4 Å². The van der Waals surface area contributed by atoms with Crippen LogP contribution in [0.25, 0.3) is 0 Å². The summed E-state index contributed by atoms with van der Waals surface area (Å²) in [7, 11) is 0. The largest absolute Gasteiger partial charge is 0.389 e. The lowest BCUT2D eigenvalue weighted by Gasteiger charge is -2.26. The van der Waals surface area contributed by atoms with E-state index in [0.29, 0.717) is 0 Å². The van der Waals surface area contributed by atoms with Gasteiger partial charge in [-0.1, -0.05) is 12.1 Å². The summed E-state index contributed by atoms with van der Waals surface area (Å²) in [5.74, 6) is -0.203. The van der Waals surface area contributed by atoms with E-state index in [4.69, 9.17) is 0 Å². The molecule has 0 aromatic heterocycles. The van der Waals surface area contributed by atoms with E-state index in [1.807, 2.05) is 6.07 Å². The Balaban J connectivity index is 2.09. The number of hydrogen-bond donors (Lipinski definition) is 2. The van der Waals surface area contributed by atoms with E-state index in [-0.39, 0.29) is 17.9 Å². The fraction of sp³-hybridized carbons (Fsp3) is 0.538. The second-order valence-corrected chi connectivity index (χ2v) is 5.06. The molecular weight excluding hydrogens is 205 g/mol. The molecule has 0 amide bonds. The Kier molecular flexibility index (Phi) is 3.00. The molecule has 0 unspecified atom stereocenters. The first-order valence-electron chi connectivity index (χ1n) is 5.71. The summed E-state index contributed by atoms with van der Waals surface area (Å²) in [6, 6.07) is 6.90. The van der Waals surface area contributed by atoms with Crippen molar-refractivity contribution in [3.63, 3.8) is 0 Å². The summed E-state index contributed by atoms with van der Waals surface area (Å²) in [6.45, 7) is 3.61. The molecule has 1 aliphatic heterocycles. The molecule has 2 nitrogen and oxygen atoms in total. The van der Waals surface area contributed by atoms with Crippen LogP contribution in [-0.2, 0) is 0 Å². The third kappa shape index (κ3) is 2.42. The third-order valence-corrected chi connectivity index (χ3v) is 3.25. The van der Waals surface area contributed by atoms with Crippen LogP contribution in [0.4, 0.5) is 4.39 Å². The van der Waals surface area contributed by atoms with Gasteiger partial charge in [0.15, 0.2) is 0 Å². The number of aliphatic hydroxyl groups is 1. The number of rotatable bonds is 2. The molecule has 3 heteroatoms. The maximum Gasteiger partial charge on any atom is 0.123 e. The van der Waals surface area contributed by atoms with Gasteiger partial charge in [0, 0.05) is 12.1 Å². The zero-order valence-corrected chi connectivity index (χ0v) is 9.70. The highest BCUT2D eigenvalue weighted by atomic mass is 19.1. The van der Waals surface area contributed by atoms with Gasteiger partial charge in [0.2, 0.25) is 0 Å². The monoisotopic (exact) mass is 223 g/mol. The first kappa shape index (κ1) is 11.6.